The summed E-state index contributed by atoms with van der Waals surface area (Å²) in [5, 5.41) is 5.91. The Morgan fingerprint density at radius 2 is 1.35 bits per heavy atom. The first kappa shape index (κ1) is 19.4. The normalized spacial score (nSPS) is 11.7. The Morgan fingerprint density at radius 1 is 0.588 bits per heavy atom. The Hall–Kier alpha value is -4.02. The minimum absolute atomic E-state index is 0.672. The Bertz CT molecular complexity index is 1870. The second-order valence-corrected chi connectivity index (χ2v) is 9.35. The van der Waals surface area contributed by atoms with Crippen LogP contribution in [0.4, 0.5) is 0 Å². The number of rotatable bonds is 2. The zero-order chi connectivity index (χ0) is 22.6. The van der Waals surface area contributed by atoms with Crippen molar-refractivity contribution in [3.63, 3.8) is 0 Å². The van der Waals surface area contributed by atoms with Crippen LogP contribution in [0.5, 0.6) is 0 Å². The number of fused-ring (bicyclic) bond motifs is 6. The lowest BCUT2D eigenvalue weighted by molar-refractivity contribution is 1.01. The number of benzene rings is 5. The highest BCUT2D eigenvalue weighted by atomic mass is 79.9. The van der Waals surface area contributed by atoms with Crippen LogP contribution in [-0.4, -0.2) is 14.5 Å². The Morgan fingerprint density at radius 3 is 2.24 bits per heavy atom. The van der Waals surface area contributed by atoms with E-state index in [1.54, 1.807) is 0 Å². The van der Waals surface area contributed by atoms with Gasteiger partial charge in [-0.1, -0.05) is 101 Å². The summed E-state index contributed by atoms with van der Waals surface area (Å²) in [6, 6.07) is 37.9. The van der Waals surface area contributed by atoms with Crippen LogP contribution in [-0.2, 0) is 0 Å². The number of hydrogen-bond acceptors (Lipinski definition) is 2. The molecule has 0 fully saturated rings. The summed E-state index contributed by atoms with van der Waals surface area (Å²) in [6.07, 6.45) is 0. The molecule has 0 amide bonds. The fraction of sp³-hybridized carbons (Fsp3) is 0. The molecule has 3 nitrogen and oxygen atoms in total. The molecular formula is C30H18BrN3. The average Bonchev–Trinajstić information content (AvgIpc) is 3.22. The minimum atomic E-state index is 0.672. The molecule has 0 bridgehead atoms. The van der Waals surface area contributed by atoms with Crippen LogP contribution >= 0.6 is 15.9 Å². The van der Waals surface area contributed by atoms with E-state index in [0.29, 0.717) is 5.95 Å². The van der Waals surface area contributed by atoms with Crippen molar-refractivity contribution in [2.45, 2.75) is 0 Å². The summed E-state index contributed by atoms with van der Waals surface area (Å²) in [6.45, 7) is 0. The van der Waals surface area contributed by atoms with Crippen LogP contribution in [0.1, 0.15) is 0 Å². The number of halogens is 1. The molecule has 0 radical (unpaired) electrons. The first-order valence-corrected chi connectivity index (χ1v) is 12.0. The first-order valence-electron chi connectivity index (χ1n) is 11.2. The van der Waals surface area contributed by atoms with Gasteiger partial charge in [0, 0.05) is 26.2 Å². The largest absolute Gasteiger partial charge is 0.278 e. The van der Waals surface area contributed by atoms with E-state index in [-0.39, 0.29) is 0 Å². The zero-order valence-electron chi connectivity index (χ0n) is 18.1. The van der Waals surface area contributed by atoms with Gasteiger partial charge >= 0.3 is 0 Å². The van der Waals surface area contributed by atoms with Gasteiger partial charge in [-0.2, -0.15) is 0 Å². The van der Waals surface area contributed by atoms with E-state index in [4.69, 9.17) is 9.97 Å². The maximum absolute atomic E-state index is 5.16. The van der Waals surface area contributed by atoms with Crippen molar-refractivity contribution >= 4 is 59.4 Å². The zero-order valence-corrected chi connectivity index (χ0v) is 19.7. The van der Waals surface area contributed by atoms with Gasteiger partial charge in [-0.05, 0) is 35.0 Å². The smallest absolute Gasteiger partial charge is 0.235 e. The van der Waals surface area contributed by atoms with Gasteiger partial charge in [0.15, 0.2) is 0 Å². The van der Waals surface area contributed by atoms with Crippen LogP contribution in [0.25, 0.3) is 60.7 Å². The third-order valence-electron chi connectivity index (χ3n) is 6.46. The predicted octanol–water partition coefficient (Wildman–Crippen LogP) is 8.31. The minimum Gasteiger partial charge on any atom is -0.278 e. The van der Waals surface area contributed by atoms with E-state index < -0.39 is 0 Å². The molecule has 7 rings (SSSR count). The topological polar surface area (TPSA) is 30.7 Å². The van der Waals surface area contributed by atoms with Gasteiger partial charge in [-0.25, -0.2) is 9.97 Å². The molecule has 2 heterocycles. The molecule has 0 atom stereocenters. The van der Waals surface area contributed by atoms with E-state index in [9.17, 15) is 0 Å². The highest BCUT2D eigenvalue weighted by Gasteiger charge is 2.18. The summed E-state index contributed by atoms with van der Waals surface area (Å²) in [7, 11) is 0. The van der Waals surface area contributed by atoms with Gasteiger partial charge in [0.05, 0.1) is 22.2 Å². The Labute approximate surface area is 204 Å². The summed E-state index contributed by atoms with van der Waals surface area (Å²) >= 11 is 3.68. The lowest BCUT2D eigenvalue weighted by atomic mass is 10.0. The molecule has 0 saturated carbocycles. The summed E-state index contributed by atoms with van der Waals surface area (Å²) in [5.41, 5.74) is 5.12. The van der Waals surface area contributed by atoms with Gasteiger partial charge in [-0.3, -0.25) is 4.57 Å². The molecule has 7 aromatic rings. The van der Waals surface area contributed by atoms with Crippen molar-refractivity contribution in [2.75, 3.05) is 0 Å². The van der Waals surface area contributed by atoms with E-state index in [0.717, 1.165) is 37.7 Å². The highest BCUT2D eigenvalue weighted by molar-refractivity contribution is 9.10. The lowest BCUT2D eigenvalue weighted by Crippen LogP contribution is -2.03. The molecule has 4 heteroatoms. The molecule has 0 spiro atoms. The number of aromatic nitrogens is 3. The van der Waals surface area contributed by atoms with E-state index in [1.165, 1.54) is 21.5 Å². The van der Waals surface area contributed by atoms with Crippen molar-refractivity contribution in [1.82, 2.24) is 14.5 Å². The molecule has 0 aliphatic rings. The second kappa shape index (κ2) is 7.51. The Kier molecular flexibility index (Phi) is 4.29. The second-order valence-electron chi connectivity index (χ2n) is 8.43. The van der Waals surface area contributed by atoms with Crippen LogP contribution in [0, 0.1) is 0 Å². The van der Waals surface area contributed by atoms with Gasteiger partial charge in [0.25, 0.3) is 0 Å². The molecule has 0 N–H and O–H groups in total. The fourth-order valence-electron chi connectivity index (χ4n) is 4.96. The number of para-hydroxylation sites is 1. The maximum Gasteiger partial charge on any atom is 0.235 e. The van der Waals surface area contributed by atoms with Crippen LogP contribution < -0.4 is 0 Å². The van der Waals surface area contributed by atoms with Crippen molar-refractivity contribution in [2.24, 2.45) is 0 Å². The maximum atomic E-state index is 5.16. The molecule has 34 heavy (non-hydrogen) atoms. The average molecular weight is 500 g/mol. The molecular weight excluding hydrogens is 482 g/mol. The fourth-order valence-corrected chi connectivity index (χ4v) is 5.31. The monoisotopic (exact) mass is 499 g/mol. The van der Waals surface area contributed by atoms with Gasteiger partial charge in [0.1, 0.15) is 0 Å². The molecule has 0 saturated heterocycles. The van der Waals surface area contributed by atoms with Crippen molar-refractivity contribution in [3.8, 4) is 17.2 Å². The standard InChI is InChI=1S/C30H18BrN3/c31-21-15-16-24-27(18-21)34(26-17-14-19-8-4-5-11-22(19)28(24)26)30-32-25-13-7-6-12-23(25)29(33-30)20-9-2-1-3-10-20/h1-18H. The van der Waals surface area contributed by atoms with Crippen molar-refractivity contribution in [1.29, 1.82) is 0 Å². The van der Waals surface area contributed by atoms with Gasteiger partial charge < -0.3 is 0 Å². The van der Waals surface area contributed by atoms with Crippen molar-refractivity contribution in [3.05, 3.63) is 114 Å². The highest BCUT2D eigenvalue weighted by Crippen LogP contribution is 2.38. The van der Waals surface area contributed by atoms with Crippen LogP contribution in [0.2, 0.25) is 0 Å². The van der Waals surface area contributed by atoms with E-state index >= 15 is 0 Å². The summed E-state index contributed by atoms with van der Waals surface area (Å²) in [4.78, 5) is 10.2. The van der Waals surface area contributed by atoms with E-state index in [1.807, 2.05) is 18.2 Å². The van der Waals surface area contributed by atoms with Crippen LogP contribution in [0.15, 0.2) is 114 Å². The summed E-state index contributed by atoms with van der Waals surface area (Å²) in [5.74, 6) is 0.672. The quantitative estimate of drug-likeness (QED) is 0.239. The molecule has 2 aromatic heterocycles. The Balaban J connectivity index is 1.65. The molecule has 5 aromatic carbocycles. The summed E-state index contributed by atoms with van der Waals surface area (Å²) < 4.78 is 3.22. The van der Waals surface area contributed by atoms with Crippen molar-refractivity contribution < 1.29 is 0 Å². The molecule has 0 aliphatic heterocycles. The van der Waals surface area contributed by atoms with Gasteiger partial charge in [-0.15, -0.1) is 0 Å². The predicted molar refractivity (Wildman–Crippen MR) is 145 cm³/mol. The van der Waals surface area contributed by atoms with Crippen LogP contribution in [0.3, 0.4) is 0 Å². The van der Waals surface area contributed by atoms with E-state index in [2.05, 4.69) is 111 Å². The third kappa shape index (κ3) is 2.89. The first-order chi connectivity index (χ1) is 16.8. The lowest BCUT2D eigenvalue weighted by Gasteiger charge is -2.12. The number of hydrogen-bond donors (Lipinski definition) is 0. The number of nitrogens with zero attached hydrogens (tertiary/aromatic N) is 3. The third-order valence-corrected chi connectivity index (χ3v) is 6.95. The molecule has 0 aliphatic carbocycles. The SMILES string of the molecule is Brc1ccc2c3c4ccccc4ccc3n(-c3nc(-c4ccccc4)c4ccccc4n3)c2c1. The molecule has 160 valence electrons. The molecule has 0 unspecified atom stereocenters. The van der Waals surface area contributed by atoms with Gasteiger partial charge in [0.2, 0.25) is 5.95 Å².